The number of nitriles is 1. The lowest BCUT2D eigenvalue weighted by molar-refractivity contribution is 0.654. The van der Waals surface area contributed by atoms with Gasteiger partial charge in [-0.05, 0) is 36.2 Å². The Morgan fingerprint density at radius 2 is 2.04 bits per heavy atom. The molecule has 0 radical (unpaired) electrons. The molecular formula is C19H13BrN4O. The molecule has 0 saturated carbocycles. The van der Waals surface area contributed by atoms with Crippen LogP contribution in [0.25, 0.3) is 21.8 Å². The number of para-hydroxylation sites is 1. The first-order valence-electron chi connectivity index (χ1n) is 7.82. The highest BCUT2D eigenvalue weighted by atomic mass is 79.9. The third-order valence-corrected chi connectivity index (χ3v) is 4.79. The van der Waals surface area contributed by atoms with Crippen molar-refractivity contribution in [1.29, 1.82) is 5.26 Å². The zero-order valence-corrected chi connectivity index (χ0v) is 14.7. The van der Waals surface area contributed by atoms with E-state index >= 15 is 0 Å². The maximum atomic E-state index is 12.8. The van der Waals surface area contributed by atoms with Crippen LogP contribution in [0, 0.1) is 11.3 Å². The van der Waals surface area contributed by atoms with E-state index in [-0.39, 0.29) is 11.4 Å². The molecule has 0 atom stereocenters. The summed E-state index contributed by atoms with van der Waals surface area (Å²) in [6.45, 7) is 0.402. The molecule has 6 heteroatoms. The van der Waals surface area contributed by atoms with Gasteiger partial charge < -0.3 is 4.98 Å². The quantitative estimate of drug-likeness (QED) is 0.576. The fraction of sp³-hybridized carbons (Fsp3) is 0.105. The zero-order chi connectivity index (χ0) is 17.4. The van der Waals surface area contributed by atoms with Gasteiger partial charge in [-0.2, -0.15) is 5.26 Å². The molecule has 2 aromatic heterocycles. The van der Waals surface area contributed by atoms with E-state index in [1.165, 1.54) is 4.57 Å². The highest BCUT2D eigenvalue weighted by Gasteiger charge is 2.12. The number of aryl methyl sites for hydroxylation is 1. The molecule has 4 aromatic rings. The van der Waals surface area contributed by atoms with Gasteiger partial charge in [-0.25, -0.2) is 4.98 Å². The van der Waals surface area contributed by atoms with Crippen molar-refractivity contribution < 1.29 is 0 Å². The average Bonchev–Trinajstić information content (AvgIpc) is 3.04. The van der Waals surface area contributed by atoms with Crippen LogP contribution >= 0.6 is 15.9 Å². The van der Waals surface area contributed by atoms with Crippen LogP contribution < -0.4 is 5.56 Å². The number of benzene rings is 2. The normalized spacial score (nSPS) is 11.0. The zero-order valence-electron chi connectivity index (χ0n) is 13.2. The topological polar surface area (TPSA) is 74.5 Å². The predicted molar refractivity (Wildman–Crippen MR) is 100 cm³/mol. The Labute approximate surface area is 151 Å². The molecule has 0 bridgehead atoms. The number of nitrogens with one attached hydrogen (secondary N) is 1. The molecule has 25 heavy (non-hydrogen) atoms. The van der Waals surface area contributed by atoms with Crippen molar-refractivity contribution in [2.75, 3.05) is 0 Å². The average molecular weight is 393 g/mol. The molecule has 2 aromatic carbocycles. The van der Waals surface area contributed by atoms with Gasteiger partial charge in [0, 0.05) is 28.1 Å². The van der Waals surface area contributed by atoms with Crippen LogP contribution in [0.2, 0.25) is 0 Å². The van der Waals surface area contributed by atoms with Gasteiger partial charge in [0.05, 0.1) is 10.9 Å². The van der Waals surface area contributed by atoms with Crippen LogP contribution in [0.5, 0.6) is 0 Å². The Kier molecular flexibility index (Phi) is 3.86. The van der Waals surface area contributed by atoms with Gasteiger partial charge >= 0.3 is 0 Å². The maximum Gasteiger partial charge on any atom is 0.262 e. The highest BCUT2D eigenvalue weighted by molar-refractivity contribution is 9.10. The van der Waals surface area contributed by atoms with Crippen molar-refractivity contribution in [1.82, 2.24) is 14.5 Å². The van der Waals surface area contributed by atoms with Crippen LogP contribution in [0.15, 0.2) is 57.9 Å². The number of aromatic amines is 1. The summed E-state index contributed by atoms with van der Waals surface area (Å²) in [5.74, 6) is 0.139. The van der Waals surface area contributed by atoms with E-state index in [1.54, 1.807) is 12.1 Å². The van der Waals surface area contributed by atoms with Gasteiger partial charge in [0.25, 0.3) is 5.56 Å². The largest absolute Gasteiger partial charge is 0.361 e. The van der Waals surface area contributed by atoms with E-state index in [4.69, 9.17) is 0 Å². The predicted octanol–water partition coefficient (Wildman–Crippen LogP) is 3.75. The number of halogens is 1. The molecule has 0 fully saturated rings. The Bertz CT molecular complexity index is 1200. The van der Waals surface area contributed by atoms with Crippen molar-refractivity contribution in [3.8, 4) is 6.07 Å². The molecule has 0 aliphatic rings. The number of nitrogens with zero attached hydrogens (tertiary/aromatic N) is 3. The number of hydrogen-bond donors (Lipinski definition) is 1. The van der Waals surface area contributed by atoms with Gasteiger partial charge in [-0.15, -0.1) is 0 Å². The second-order valence-electron chi connectivity index (χ2n) is 5.77. The van der Waals surface area contributed by atoms with Gasteiger partial charge in [0.15, 0.2) is 0 Å². The van der Waals surface area contributed by atoms with E-state index in [1.807, 2.05) is 42.6 Å². The van der Waals surface area contributed by atoms with Crippen LogP contribution in [0.3, 0.4) is 0 Å². The van der Waals surface area contributed by atoms with Gasteiger partial charge in [0.2, 0.25) is 5.82 Å². The third kappa shape index (κ3) is 2.73. The van der Waals surface area contributed by atoms with Gasteiger partial charge in [-0.1, -0.05) is 34.1 Å². The van der Waals surface area contributed by atoms with Crippen LogP contribution in [-0.2, 0) is 13.0 Å². The number of hydrogen-bond acceptors (Lipinski definition) is 3. The van der Waals surface area contributed by atoms with Gasteiger partial charge in [-0.3, -0.25) is 9.36 Å². The molecule has 0 aliphatic heterocycles. The first kappa shape index (κ1) is 15.6. The fourth-order valence-electron chi connectivity index (χ4n) is 3.06. The lowest BCUT2D eigenvalue weighted by atomic mass is 10.1. The molecule has 2 heterocycles. The molecule has 0 aliphatic carbocycles. The minimum absolute atomic E-state index is 0.139. The summed E-state index contributed by atoms with van der Waals surface area (Å²) in [7, 11) is 0. The number of fused-ring (bicyclic) bond motifs is 2. The Morgan fingerprint density at radius 3 is 2.88 bits per heavy atom. The first-order valence-corrected chi connectivity index (χ1v) is 8.62. The number of H-pyrrole nitrogens is 1. The highest BCUT2D eigenvalue weighted by Crippen LogP contribution is 2.19. The Morgan fingerprint density at radius 1 is 1.20 bits per heavy atom. The minimum Gasteiger partial charge on any atom is -0.361 e. The van der Waals surface area contributed by atoms with Crippen molar-refractivity contribution in [3.05, 3.63) is 74.9 Å². The molecule has 0 spiro atoms. The van der Waals surface area contributed by atoms with Gasteiger partial charge in [0.1, 0.15) is 6.07 Å². The molecule has 0 amide bonds. The van der Waals surface area contributed by atoms with Crippen molar-refractivity contribution in [2.24, 2.45) is 0 Å². The smallest absolute Gasteiger partial charge is 0.262 e. The fourth-order valence-corrected chi connectivity index (χ4v) is 3.42. The molecule has 122 valence electrons. The second kappa shape index (κ2) is 6.19. The summed E-state index contributed by atoms with van der Waals surface area (Å²) >= 11 is 3.38. The first-order chi connectivity index (χ1) is 12.2. The minimum atomic E-state index is -0.192. The van der Waals surface area contributed by atoms with Crippen molar-refractivity contribution in [2.45, 2.75) is 13.0 Å². The lowest BCUT2D eigenvalue weighted by Gasteiger charge is -2.09. The van der Waals surface area contributed by atoms with E-state index in [9.17, 15) is 10.1 Å². The summed E-state index contributed by atoms with van der Waals surface area (Å²) in [6.07, 6.45) is 2.59. The molecule has 5 nitrogen and oxygen atoms in total. The SMILES string of the molecule is N#Cc1nc2ccc(Br)cc2c(=O)n1CCc1c[nH]c2ccccc12. The molecule has 1 N–H and O–H groups in total. The summed E-state index contributed by atoms with van der Waals surface area (Å²) in [5.41, 5.74) is 2.52. The molecule has 0 saturated heterocycles. The summed E-state index contributed by atoms with van der Waals surface area (Å²) in [6, 6.07) is 15.4. The number of rotatable bonds is 3. The van der Waals surface area contributed by atoms with Crippen LogP contribution in [0.1, 0.15) is 11.4 Å². The third-order valence-electron chi connectivity index (χ3n) is 4.30. The van der Waals surface area contributed by atoms with Crippen molar-refractivity contribution >= 4 is 37.7 Å². The van der Waals surface area contributed by atoms with Crippen molar-refractivity contribution in [3.63, 3.8) is 0 Å². The maximum absolute atomic E-state index is 12.8. The van der Waals surface area contributed by atoms with Crippen LogP contribution in [-0.4, -0.2) is 14.5 Å². The van der Waals surface area contributed by atoms with Crippen LogP contribution in [0.4, 0.5) is 0 Å². The Hall–Kier alpha value is -2.91. The van der Waals surface area contributed by atoms with E-state index in [2.05, 4.69) is 25.9 Å². The van der Waals surface area contributed by atoms with E-state index in [0.29, 0.717) is 23.9 Å². The monoisotopic (exact) mass is 392 g/mol. The summed E-state index contributed by atoms with van der Waals surface area (Å²) in [4.78, 5) is 20.4. The number of aromatic nitrogens is 3. The van der Waals surface area contributed by atoms with E-state index < -0.39 is 0 Å². The standard InChI is InChI=1S/C19H13BrN4O/c20-13-5-6-17-15(9-13)19(25)24(18(10-21)23-17)8-7-12-11-22-16-4-2-1-3-14(12)16/h1-6,9,11,22H,7-8H2. The summed E-state index contributed by atoms with van der Waals surface area (Å²) < 4.78 is 2.27. The second-order valence-corrected chi connectivity index (χ2v) is 6.69. The Balaban J connectivity index is 1.77. The van der Waals surface area contributed by atoms with E-state index in [0.717, 1.165) is 20.9 Å². The molecule has 4 rings (SSSR count). The molecule has 0 unspecified atom stereocenters. The molecular weight excluding hydrogens is 380 g/mol. The summed E-state index contributed by atoms with van der Waals surface area (Å²) in [5, 5.41) is 11.0. The lowest BCUT2D eigenvalue weighted by Crippen LogP contribution is -2.25.